The highest BCUT2D eigenvalue weighted by atomic mass is 16.7. The van der Waals surface area contributed by atoms with E-state index in [0.717, 1.165) is 58.7 Å². The minimum absolute atomic E-state index is 0.0237. The van der Waals surface area contributed by atoms with Gasteiger partial charge in [-0.25, -0.2) is 4.79 Å². The lowest BCUT2D eigenvalue weighted by molar-refractivity contribution is -0.256. The Morgan fingerprint density at radius 2 is 1.64 bits per heavy atom. The van der Waals surface area contributed by atoms with E-state index < -0.39 is 29.4 Å². The predicted octanol–water partition coefficient (Wildman–Crippen LogP) is 10.7. The fourth-order valence-electron chi connectivity index (χ4n) is 10.0. The van der Waals surface area contributed by atoms with Gasteiger partial charge in [0.1, 0.15) is 36.4 Å². The van der Waals surface area contributed by atoms with Gasteiger partial charge in [-0.1, -0.05) is 116 Å². The molecule has 0 bridgehead atoms. The van der Waals surface area contributed by atoms with Crippen LogP contribution in [0.15, 0.2) is 133 Å². The van der Waals surface area contributed by atoms with Gasteiger partial charge in [-0.05, 0) is 104 Å². The summed E-state index contributed by atoms with van der Waals surface area (Å²) in [5.41, 5.74) is 3.97. The van der Waals surface area contributed by atoms with E-state index >= 15 is 4.79 Å². The molecule has 0 radical (unpaired) electrons. The summed E-state index contributed by atoms with van der Waals surface area (Å²) in [5.74, 6) is -0.725. The van der Waals surface area contributed by atoms with Crippen LogP contribution in [0.2, 0.25) is 0 Å². The quantitative estimate of drug-likeness (QED) is 0.0425. The molecule has 3 aliphatic rings. The number of benzene rings is 4. The van der Waals surface area contributed by atoms with Gasteiger partial charge < -0.3 is 38.7 Å². The Labute approximate surface area is 390 Å². The number of amides is 1. The Morgan fingerprint density at radius 1 is 0.894 bits per heavy atom. The molecule has 0 aromatic heterocycles. The number of fused-ring (bicyclic) bond motifs is 3. The molecule has 0 spiro atoms. The molecule has 7 rings (SSSR count). The van der Waals surface area contributed by atoms with Crippen molar-refractivity contribution in [2.24, 2.45) is 22.9 Å². The third-order valence-electron chi connectivity index (χ3n) is 12.8. The fraction of sp³-hybridized carbons (Fsp3) is 0.455. The van der Waals surface area contributed by atoms with Crippen LogP contribution >= 0.6 is 0 Å². The number of aliphatic hydroxyl groups excluding tert-OH is 2. The van der Waals surface area contributed by atoms with E-state index in [1.54, 1.807) is 17.1 Å². The highest BCUT2D eigenvalue weighted by molar-refractivity contribution is 6.03. The number of hydrogen-bond acceptors (Lipinski definition) is 10. The third-order valence-corrected chi connectivity index (χ3v) is 12.8. The molecule has 2 N–H and O–H groups in total. The molecule has 66 heavy (non-hydrogen) atoms. The molecule has 0 saturated heterocycles. The lowest BCUT2D eigenvalue weighted by atomic mass is 9.55. The maximum absolute atomic E-state index is 15.2. The smallest absolute Gasteiger partial charge is 0.410 e. The number of carbonyl (C=O) groups is 1. The normalized spacial score (nSPS) is 22.7. The maximum Gasteiger partial charge on any atom is 0.410 e. The van der Waals surface area contributed by atoms with Crippen molar-refractivity contribution in [1.82, 2.24) is 4.90 Å². The highest BCUT2D eigenvalue weighted by Gasteiger charge is 2.66. The monoisotopic (exact) mass is 900 g/mol. The largest absolute Gasteiger partial charge is 0.490 e. The number of unbranched alkanes of at least 4 members (excludes halogenated alkanes) is 2. The molecule has 352 valence electrons. The zero-order valence-corrected chi connectivity index (χ0v) is 38.9. The van der Waals surface area contributed by atoms with Crippen molar-refractivity contribution < 1.29 is 43.5 Å². The van der Waals surface area contributed by atoms with Crippen molar-refractivity contribution in [2.75, 3.05) is 39.6 Å². The number of rotatable bonds is 23. The topological polar surface area (TPSA) is 129 Å². The average molecular weight is 901 g/mol. The van der Waals surface area contributed by atoms with Gasteiger partial charge in [-0.15, -0.1) is 6.58 Å². The fourth-order valence-corrected chi connectivity index (χ4v) is 10.0. The van der Waals surface area contributed by atoms with Gasteiger partial charge in [0.2, 0.25) is 5.79 Å². The molecular formula is C55H68N2O9. The number of aliphatic hydroxyl groups is 2. The molecule has 1 heterocycles. The van der Waals surface area contributed by atoms with Crippen LogP contribution in [0.4, 0.5) is 4.79 Å². The minimum atomic E-state index is -1.47. The summed E-state index contributed by atoms with van der Waals surface area (Å²) in [6.07, 6.45) is 10.1. The van der Waals surface area contributed by atoms with Crippen LogP contribution in [0.25, 0.3) is 10.8 Å². The standard InChI is InChI=1S/C55H68N2O9/c1-6-30-62-43-26-27-49-47(35-43)51-45(25-14-16-29-59)41(21-13-15-28-58)34-46-48(56-66-54(3,4)5)36-50(55(65-49,52(46)51)64-31-7-2)57(37-42-23-17-22-40-20-11-12-24-44(40)42)53(60)63-33-32-61-38-39-18-9-8-10-19-39/h6-12,17-20,22-24,26-27,34-35,41,45,50-52,58-59H,1-2,13-16,21,25,28-33,36-38H2,3-5H3/t41-,45+,50-,51+,52+,55+/m0/s1. The molecule has 1 amide bonds. The van der Waals surface area contributed by atoms with Crippen LogP contribution in [0, 0.1) is 17.8 Å². The first-order valence-electron chi connectivity index (χ1n) is 23.6. The molecule has 1 aliphatic heterocycles. The van der Waals surface area contributed by atoms with Crippen LogP contribution in [-0.2, 0) is 32.2 Å². The van der Waals surface area contributed by atoms with Crippen LogP contribution in [-0.4, -0.2) is 84.0 Å². The number of ether oxygens (including phenoxy) is 5. The van der Waals surface area contributed by atoms with Crippen molar-refractivity contribution >= 4 is 22.6 Å². The molecule has 6 atom stereocenters. The summed E-state index contributed by atoms with van der Waals surface area (Å²) < 4.78 is 33.0. The van der Waals surface area contributed by atoms with Crippen molar-refractivity contribution in [2.45, 2.75) is 102 Å². The first-order valence-corrected chi connectivity index (χ1v) is 23.6. The van der Waals surface area contributed by atoms with Gasteiger partial charge in [0.15, 0.2) is 0 Å². The van der Waals surface area contributed by atoms with Crippen molar-refractivity contribution in [3.63, 3.8) is 0 Å². The van der Waals surface area contributed by atoms with E-state index in [2.05, 4.69) is 43.5 Å². The molecule has 1 fully saturated rings. The second-order valence-corrected chi connectivity index (χ2v) is 18.5. The molecular weight excluding hydrogens is 833 g/mol. The maximum atomic E-state index is 15.2. The van der Waals surface area contributed by atoms with Crippen LogP contribution in [0.5, 0.6) is 11.5 Å². The second kappa shape index (κ2) is 22.8. The number of oxime groups is 1. The molecule has 4 aromatic rings. The van der Waals surface area contributed by atoms with E-state index in [9.17, 15) is 10.2 Å². The Bertz CT molecular complexity index is 2300. The summed E-state index contributed by atoms with van der Waals surface area (Å²) in [7, 11) is 0. The SMILES string of the molecule is C=CCOc1ccc2c(c1)[C@H]1[C@H](CCCCO)[C@@H](CCCCO)C=C3C(=NOC(C)(C)C)C[C@H](N(Cc4cccc5ccccc45)C(=O)OCCOCc4ccccc4)[C@@](OCC=C)(O2)[C@H]31. The lowest BCUT2D eigenvalue weighted by Crippen LogP contribution is -2.70. The summed E-state index contributed by atoms with van der Waals surface area (Å²) >= 11 is 0. The van der Waals surface area contributed by atoms with Gasteiger partial charge >= 0.3 is 6.09 Å². The van der Waals surface area contributed by atoms with Gasteiger partial charge in [0.05, 0.1) is 38.0 Å². The van der Waals surface area contributed by atoms with Crippen molar-refractivity contribution in [3.8, 4) is 11.5 Å². The van der Waals surface area contributed by atoms with E-state index in [-0.39, 0.29) is 63.8 Å². The number of hydrogen-bond donors (Lipinski definition) is 2. The van der Waals surface area contributed by atoms with Gasteiger partial charge in [-0.2, -0.15) is 0 Å². The van der Waals surface area contributed by atoms with Crippen molar-refractivity contribution in [1.29, 1.82) is 0 Å². The summed E-state index contributed by atoms with van der Waals surface area (Å²) in [6, 6.07) is 29.3. The molecule has 11 nitrogen and oxygen atoms in total. The second-order valence-electron chi connectivity index (χ2n) is 18.5. The van der Waals surface area contributed by atoms with E-state index in [1.807, 2.05) is 87.5 Å². The van der Waals surface area contributed by atoms with Gasteiger partial charge in [-0.3, -0.25) is 4.90 Å². The van der Waals surface area contributed by atoms with E-state index in [1.165, 1.54) is 0 Å². The van der Waals surface area contributed by atoms with E-state index in [0.29, 0.717) is 43.3 Å². The first-order chi connectivity index (χ1) is 32.1. The van der Waals surface area contributed by atoms with Crippen molar-refractivity contribution in [3.05, 3.63) is 145 Å². The number of allylic oxidation sites excluding steroid dienone is 1. The van der Waals surface area contributed by atoms with E-state index in [4.69, 9.17) is 33.7 Å². The lowest BCUT2D eigenvalue weighted by Gasteiger charge is -2.60. The van der Waals surface area contributed by atoms with Gasteiger partial charge in [0, 0.05) is 31.1 Å². The average Bonchev–Trinajstić information content (AvgIpc) is 3.32. The Hall–Kier alpha value is -5.46. The van der Waals surface area contributed by atoms with Crippen LogP contribution < -0.4 is 9.47 Å². The van der Waals surface area contributed by atoms with Crippen LogP contribution in [0.3, 0.4) is 0 Å². The minimum Gasteiger partial charge on any atom is -0.490 e. The Balaban J connectivity index is 1.41. The highest BCUT2D eigenvalue weighted by Crippen LogP contribution is 2.62. The summed E-state index contributed by atoms with van der Waals surface area (Å²) in [6.45, 7) is 15.3. The van der Waals surface area contributed by atoms with Crippen LogP contribution in [0.1, 0.15) is 88.3 Å². The molecule has 0 unspecified atom stereocenters. The number of nitrogens with zero attached hydrogens (tertiary/aromatic N) is 2. The zero-order chi connectivity index (χ0) is 46.5. The summed E-state index contributed by atoms with van der Waals surface area (Å²) in [4.78, 5) is 23.3. The summed E-state index contributed by atoms with van der Waals surface area (Å²) in [5, 5.41) is 27.0. The molecule has 4 aromatic carbocycles. The molecule has 2 aliphatic carbocycles. The number of carbonyl (C=O) groups excluding carboxylic acids is 1. The Morgan fingerprint density at radius 3 is 2.39 bits per heavy atom. The Kier molecular flexibility index (Phi) is 16.8. The molecule has 1 saturated carbocycles. The third kappa shape index (κ3) is 11.4. The first kappa shape index (κ1) is 48.5. The molecule has 11 heteroatoms. The predicted molar refractivity (Wildman–Crippen MR) is 258 cm³/mol. The van der Waals surface area contributed by atoms with Gasteiger partial charge in [0.25, 0.3) is 0 Å². The zero-order valence-electron chi connectivity index (χ0n) is 38.9.